The number of rotatable bonds is 6. The van der Waals surface area contributed by atoms with Gasteiger partial charge in [0.05, 0.1) is 0 Å². The second kappa shape index (κ2) is 9.30. The van der Waals surface area contributed by atoms with Crippen molar-refractivity contribution < 1.29 is 4.79 Å². The van der Waals surface area contributed by atoms with Crippen LogP contribution in [0, 0.1) is 5.92 Å². The van der Waals surface area contributed by atoms with Gasteiger partial charge in [0.1, 0.15) is 0 Å². The number of para-hydroxylation sites is 1. The highest BCUT2D eigenvalue weighted by Crippen LogP contribution is 2.19. The summed E-state index contributed by atoms with van der Waals surface area (Å²) in [6.45, 7) is 2.13. The Morgan fingerprint density at radius 1 is 1.00 bits per heavy atom. The molecule has 1 aliphatic rings. The van der Waals surface area contributed by atoms with Crippen molar-refractivity contribution >= 4 is 35.4 Å². The molecule has 1 heterocycles. The molecule has 0 saturated carbocycles. The molecule has 1 saturated heterocycles. The van der Waals surface area contributed by atoms with Crippen molar-refractivity contribution in [1.29, 1.82) is 0 Å². The average molecular weight is 346 g/mol. The van der Waals surface area contributed by atoms with Gasteiger partial charge in [0.25, 0.3) is 0 Å². The number of hydrogen-bond donors (Lipinski definition) is 3. The van der Waals surface area contributed by atoms with E-state index in [0.717, 1.165) is 36.6 Å². The van der Waals surface area contributed by atoms with Crippen LogP contribution in [0.4, 0.5) is 17.1 Å². The predicted octanol–water partition coefficient (Wildman–Crippen LogP) is 4.18. The molecule has 3 rings (SSSR count). The summed E-state index contributed by atoms with van der Waals surface area (Å²) in [7, 11) is 0. The minimum absolute atomic E-state index is 0. The fourth-order valence-corrected chi connectivity index (χ4v) is 2.84. The smallest absolute Gasteiger partial charge is 0.224 e. The molecule has 2 aromatic rings. The Kier molecular flexibility index (Phi) is 7.09. The van der Waals surface area contributed by atoms with Gasteiger partial charge in [-0.3, -0.25) is 4.79 Å². The zero-order chi connectivity index (χ0) is 15.9. The molecule has 5 heteroatoms. The predicted molar refractivity (Wildman–Crippen MR) is 102 cm³/mol. The monoisotopic (exact) mass is 345 g/mol. The van der Waals surface area contributed by atoms with Crippen molar-refractivity contribution in [2.24, 2.45) is 5.92 Å². The van der Waals surface area contributed by atoms with E-state index in [2.05, 4.69) is 16.0 Å². The van der Waals surface area contributed by atoms with Gasteiger partial charge in [0, 0.05) is 23.5 Å². The highest BCUT2D eigenvalue weighted by molar-refractivity contribution is 5.90. The molecule has 1 aliphatic heterocycles. The lowest BCUT2D eigenvalue weighted by Crippen LogP contribution is -2.14. The molecule has 0 aromatic heterocycles. The van der Waals surface area contributed by atoms with E-state index in [1.54, 1.807) is 0 Å². The Morgan fingerprint density at radius 2 is 1.67 bits per heavy atom. The van der Waals surface area contributed by atoms with E-state index in [-0.39, 0.29) is 18.3 Å². The Hall–Kier alpha value is -2.04. The first-order valence-electron chi connectivity index (χ1n) is 8.22. The molecule has 3 N–H and O–H groups in total. The Bertz CT molecular complexity index is 625. The minimum atomic E-state index is 0. The van der Waals surface area contributed by atoms with Gasteiger partial charge in [-0.25, -0.2) is 0 Å². The van der Waals surface area contributed by atoms with Crippen LogP contribution in [0.5, 0.6) is 0 Å². The molecule has 1 unspecified atom stereocenters. The Balaban J connectivity index is 0.00000208. The van der Waals surface area contributed by atoms with E-state index in [9.17, 15) is 4.79 Å². The van der Waals surface area contributed by atoms with E-state index in [0.29, 0.717) is 12.3 Å². The van der Waals surface area contributed by atoms with Gasteiger partial charge in [0.15, 0.2) is 0 Å². The molecule has 4 nitrogen and oxygen atoms in total. The zero-order valence-electron chi connectivity index (χ0n) is 13.6. The number of halogens is 1. The highest BCUT2D eigenvalue weighted by atomic mass is 35.5. The molecule has 0 bridgehead atoms. The summed E-state index contributed by atoms with van der Waals surface area (Å²) >= 11 is 0. The third-order valence-electron chi connectivity index (χ3n) is 4.17. The SMILES string of the molecule is Cl.O=C(CCC1CCNC1)Nc1ccc(Nc2ccccc2)cc1. The van der Waals surface area contributed by atoms with Crippen molar-refractivity contribution in [2.45, 2.75) is 19.3 Å². The second-order valence-electron chi connectivity index (χ2n) is 6.01. The Morgan fingerprint density at radius 3 is 2.33 bits per heavy atom. The van der Waals surface area contributed by atoms with Crippen LogP contribution in [0.1, 0.15) is 19.3 Å². The van der Waals surface area contributed by atoms with Crippen LogP contribution in [0.2, 0.25) is 0 Å². The maximum atomic E-state index is 12.0. The number of benzene rings is 2. The summed E-state index contributed by atoms with van der Waals surface area (Å²) in [5.41, 5.74) is 2.90. The van der Waals surface area contributed by atoms with Gasteiger partial charge < -0.3 is 16.0 Å². The fourth-order valence-electron chi connectivity index (χ4n) is 2.84. The van der Waals surface area contributed by atoms with Crippen molar-refractivity contribution in [3.8, 4) is 0 Å². The summed E-state index contributed by atoms with van der Waals surface area (Å²) in [6.07, 6.45) is 2.75. The van der Waals surface area contributed by atoms with Crippen LogP contribution in [0.3, 0.4) is 0 Å². The normalized spacial score (nSPS) is 16.2. The molecule has 0 spiro atoms. The van der Waals surface area contributed by atoms with E-state index in [1.807, 2.05) is 54.6 Å². The first-order valence-corrected chi connectivity index (χ1v) is 8.22. The molecule has 24 heavy (non-hydrogen) atoms. The van der Waals surface area contributed by atoms with Gasteiger partial charge in [0.2, 0.25) is 5.91 Å². The number of carbonyl (C=O) groups is 1. The third kappa shape index (κ3) is 5.55. The molecule has 2 aromatic carbocycles. The number of hydrogen-bond acceptors (Lipinski definition) is 3. The lowest BCUT2D eigenvalue weighted by molar-refractivity contribution is -0.116. The third-order valence-corrected chi connectivity index (χ3v) is 4.17. The maximum Gasteiger partial charge on any atom is 0.224 e. The summed E-state index contributed by atoms with van der Waals surface area (Å²) in [6, 6.07) is 17.8. The van der Waals surface area contributed by atoms with E-state index >= 15 is 0 Å². The first-order chi connectivity index (χ1) is 11.3. The van der Waals surface area contributed by atoms with Crippen LogP contribution >= 0.6 is 12.4 Å². The largest absolute Gasteiger partial charge is 0.356 e. The van der Waals surface area contributed by atoms with Crippen LogP contribution in [0.25, 0.3) is 0 Å². The van der Waals surface area contributed by atoms with Gasteiger partial charge in [-0.1, -0.05) is 18.2 Å². The summed E-state index contributed by atoms with van der Waals surface area (Å²) in [5.74, 6) is 0.749. The standard InChI is InChI=1S/C19H23N3O.ClH/c23-19(11-6-15-12-13-20-14-15)22-18-9-7-17(8-10-18)21-16-4-2-1-3-5-16;/h1-5,7-10,15,20-21H,6,11-14H2,(H,22,23);1H. The zero-order valence-corrected chi connectivity index (χ0v) is 14.4. The lowest BCUT2D eigenvalue weighted by Gasteiger charge is -2.10. The van der Waals surface area contributed by atoms with Crippen LogP contribution in [-0.4, -0.2) is 19.0 Å². The van der Waals surface area contributed by atoms with Crippen molar-refractivity contribution in [3.63, 3.8) is 0 Å². The van der Waals surface area contributed by atoms with E-state index in [4.69, 9.17) is 0 Å². The lowest BCUT2D eigenvalue weighted by atomic mass is 10.0. The molecule has 128 valence electrons. The van der Waals surface area contributed by atoms with Crippen molar-refractivity contribution in [2.75, 3.05) is 23.7 Å². The average Bonchev–Trinajstić information content (AvgIpc) is 3.09. The van der Waals surface area contributed by atoms with Crippen LogP contribution < -0.4 is 16.0 Å². The fraction of sp³-hybridized carbons (Fsp3) is 0.316. The molecular weight excluding hydrogens is 322 g/mol. The van der Waals surface area contributed by atoms with E-state index < -0.39 is 0 Å². The molecule has 1 amide bonds. The number of nitrogens with one attached hydrogen (secondary N) is 3. The van der Waals surface area contributed by atoms with Crippen molar-refractivity contribution in [1.82, 2.24) is 5.32 Å². The van der Waals surface area contributed by atoms with Crippen LogP contribution in [0.15, 0.2) is 54.6 Å². The topological polar surface area (TPSA) is 53.2 Å². The second-order valence-corrected chi connectivity index (χ2v) is 6.01. The molecule has 1 fully saturated rings. The molecule has 0 radical (unpaired) electrons. The number of anilines is 3. The summed E-state index contributed by atoms with van der Waals surface area (Å²) < 4.78 is 0. The van der Waals surface area contributed by atoms with Gasteiger partial charge in [-0.15, -0.1) is 12.4 Å². The molecule has 0 aliphatic carbocycles. The quantitative estimate of drug-likeness (QED) is 0.736. The molecular formula is C19H24ClN3O. The van der Waals surface area contributed by atoms with Crippen LogP contribution in [-0.2, 0) is 4.79 Å². The van der Waals surface area contributed by atoms with Gasteiger partial charge >= 0.3 is 0 Å². The Labute approximate surface area is 149 Å². The van der Waals surface area contributed by atoms with Gasteiger partial charge in [-0.05, 0) is 68.2 Å². The van der Waals surface area contributed by atoms with Gasteiger partial charge in [-0.2, -0.15) is 0 Å². The number of carbonyl (C=O) groups excluding carboxylic acids is 1. The highest BCUT2D eigenvalue weighted by Gasteiger charge is 2.15. The number of amides is 1. The summed E-state index contributed by atoms with van der Waals surface area (Å²) in [4.78, 5) is 12.0. The maximum absolute atomic E-state index is 12.0. The minimum Gasteiger partial charge on any atom is -0.356 e. The van der Waals surface area contributed by atoms with E-state index in [1.165, 1.54) is 6.42 Å². The first kappa shape index (κ1) is 18.3. The summed E-state index contributed by atoms with van der Waals surface area (Å²) in [5, 5.41) is 9.63. The molecule has 1 atom stereocenters. The van der Waals surface area contributed by atoms with Crippen molar-refractivity contribution in [3.05, 3.63) is 54.6 Å².